The normalized spacial score (nSPS) is 20.4. The van der Waals surface area contributed by atoms with Gasteiger partial charge in [-0.05, 0) is 73.6 Å². The van der Waals surface area contributed by atoms with Gasteiger partial charge in [0.25, 0.3) is 0 Å². The number of aromatic amines is 1. The van der Waals surface area contributed by atoms with Crippen molar-refractivity contribution in [3.05, 3.63) is 34.5 Å². The van der Waals surface area contributed by atoms with Crippen LogP contribution in [0.2, 0.25) is 0 Å². The molecule has 0 bridgehead atoms. The van der Waals surface area contributed by atoms with Gasteiger partial charge in [-0.1, -0.05) is 53.5 Å². The number of hydrogen-bond acceptors (Lipinski definition) is 0. The highest BCUT2D eigenvalue weighted by Gasteiger charge is 2.37. The molecular weight excluding hydrogens is 302 g/mol. The van der Waals surface area contributed by atoms with Gasteiger partial charge >= 0.3 is 0 Å². The van der Waals surface area contributed by atoms with Crippen LogP contribution in [0, 0.1) is 0 Å². The number of fused-ring (bicyclic) bond motifs is 3. The Kier molecular flexibility index (Phi) is 5.61. The number of benzene rings is 1. The summed E-state index contributed by atoms with van der Waals surface area (Å²) >= 11 is 0. The predicted octanol–water partition coefficient (Wildman–Crippen LogP) is 7.42. The molecule has 1 aliphatic carbocycles. The summed E-state index contributed by atoms with van der Waals surface area (Å²) in [5.74, 6) is 0.575. The van der Waals surface area contributed by atoms with Crippen molar-refractivity contribution < 1.29 is 0 Å². The number of rotatable bonds is 7. The zero-order valence-electron chi connectivity index (χ0n) is 17.1. The van der Waals surface area contributed by atoms with E-state index in [0.717, 1.165) is 0 Å². The van der Waals surface area contributed by atoms with E-state index in [9.17, 15) is 0 Å². The molecule has 1 aliphatic rings. The molecule has 0 saturated carbocycles. The van der Waals surface area contributed by atoms with Gasteiger partial charge in [-0.2, -0.15) is 0 Å². The zero-order valence-corrected chi connectivity index (χ0v) is 17.1. The minimum Gasteiger partial charge on any atom is -0.357 e. The van der Waals surface area contributed by atoms with Crippen LogP contribution in [0.15, 0.2) is 12.1 Å². The second-order valence-corrected chi connectivity index (χ2v) is 8.58. The third-order valence-electron chi connectivity index (χ3n) is 6.56. The molecule has 0 aliphatic heterocycles. The molecule has 25 heavy (non-hydrogen) atoms. The second kappa shape index (κ2) is 7.56. The maximum atomic E-state index is 3.98. The highest BCUT2D eigenvalue weighted by molar-refractivity contribution is 5.89. The summed E-state index contributed by atoms with van der Waals surface area (Å²) in [6.45, 7) is 11.7. The average Bonchev–Trinajstić information content (AvgIpc) is 2.99. The van der Waals surface area contributed by atoms with Crippen LogP contribution in [0.25, 0.3) is 10.9 Å². The lowest BCUT2D eigenvalue weighted by Gasteiger charge is -2.36. The third-order valence-corrected chi connectivity index (χ3v) is 6.56. The van der Waals surface area contributed by atoms with Gasteiger partial charge in [0.15, 0.2) is 0 Å². The van der Waals surface area contributed by atoms with Crippen molar-refractivity contribution in [2.75, 3.05) is 0 Å². The van der Waals surface area contributed by atoms with Crippen LogP contribution in [0.4, 0.5) is 0 Å². The molecule has 1 heteroatoms. The first kappa shape index (κ1) is 18.5. The van der Waals surface area contributed by atoms with E-state index in [2.05, 4.69) is 51.7 Å². The first-order valence-electron chi connectivity index (χ1n) is 10.7. The number of unbranched alkanes of at least 4 members (excludes halogenated alkanes) is 1. The number of nitrogens with one attached hydrogen (secondary N) is 1. The Bertz CT molecular complexity index is 721. The van der Waals surface area contributed by atoms with Gasteiger partial charge in [-0.25, -0.2) is 0 Å². The predicted molar refractivity (Wildman–Crippen MR) is 111 cm³/mol. The fourth-order valence-corrected chi connectivity index (χ4v) is 5.12. The van der Waals surface area contributed by atoms with Crippen LogP contribution < -0.4 is 0 Å². The molecule has 138 valence electrons. The maximum absolute atomic E-state index is 3.98. The fraction of sp³-hybridized carbons (Fsp3) is 0.667. The van der Waals surface area contributed by atoms with Crippen molar-refractivity contribution in [1.29, 1.82) is 0 Å². The molecule has 1 N–H and O–H groups in total. The molecule has 1 aromatic heterocycles. The molecule has 3 rings (SSSR count). The quantitative estimate of drug-likeness (QED) is 0.540. The summed E-state index contributed by atoms with van der Waals surface area (Å²) in [7, 11) is 0. The zero-order chi connectivity index (χ0) is 18.0. The lowest BCUT2D eigenvalue weighted by atomic mass is 9.69. The molecular formula is C24H37N. The van der Waals surface area contributed by atoms with E-state index in [1.54, 1.807) is 22.2 Å². The smallest absolute Gasteiger partial charge is 0.0494 e. The largest absolute Gasteiger partial charge is 0.357 e. The Morgan fingerprint density at radius 3 is 2.56 bits per heavy atom. The number of aromatic nitrogens is 1. The average molecular weight is 340 g/mol. The Morgan fingerprint density at radius 1 is 1.12 bits per heavy atom. The summed E-state index contributed by atoms with van der Waals surface area (Å²) in [5, 5.41) is 1.54. The molecule has 1 heterocycles. The minimum absolute atomic E-state index is 0.388. The molecule has 1 atom stereocenters. The van der Waals surface area contributed by atoms with Gasteiger partial charge in [-0.15, -0.1) is 0 Å². The molecule has 0 fully saturated rings. The van der Waals surface area contributed by atoms with E-state index in [0.29, 0.717) is 11.3 Å². The van der Waals surface area contributed by atoms with Gasteiger partial charge in [0.1, 0.15) is 0 Å². The molecule has 0 spiro atoms. The third kappa shape index (κ3) is 3.27. The lowest BCUT2D eigenvalue weighted by molar-refractivity contribution is 0.313. The molecule has 1 aromatic carbocycles. The fourth-order valence-electron chi connectivity index (χ4n) is 5.12. The molecule has 0 saturated heterocycles. The van der Waals surface area contributed by atoms with Gasteiger partial charge in [0.05, 0.1) is 0 Å². The number of H-pyrrole nitrogens is 1. The standard InChI is InChI=1S/C24H37N/c1-6-9-11-18-15-20(17(4)5)22-21(16-18)19-12-10-14-24(8-3,13-7-2)23(19)25-22/h15-17,25H,6-14H2,1-5H3. The van der Waals surface area contributed by atoms with E-state index in [1.807, 2.05) is 0 Å². The van der Waals surface area contributed by atoms with Gasteiger partial charge in [0, 0.05) is 22.0 Å². The van der Waals surface area contributed by atoms with E-state index in [4.69, 9.17) is 0 Å². The van der Waals surface area contributed by atoms with Crippen LogP contribution in [0.5, 0.6) is 0 Å². The number of hydrogen-bond donors (Lipinski definition) is 1. The van der Waals surface area contributed by atoms with Crippen molar-refractivity contribution in [3.8, 4) is 0 Å². The van der Waals surface area contributed by atoms with Gasteiger partial charge < -0.3 is 4.98 Å². The van der Waals surface area contributed by atoms with Crippen LogP contribution >= 0.6 is 0 Å². The van der Waals surface area contributed by atoms with E-state index >= 15 is 0 Å². The summed E-state index contributed by atoms with van der Waals surface area (Å²) < 4.78 is 0. The Hall–Kier alpha value is -1.24. The van der Waals surface area contributed by atoms with Crippen molar-refractivity contribution in [1.82, 2.24) is 4.98 Å². The van der Waals surface area contributed by atoms with Crippen molar-refractivity contribution in [2.24, 2.45) is 0 Å². The first-order chi connectivity index (χ1) is 12.1. The Morgan fingerprint density at radius 2 is 1.92 bits per heavy atom. The maximum Gasteiger partial charge on any atom is 0.0494 e. The van der Waals surface area contributed by atoms with Gasteiger partial charge in [0.2, 0.25) is 0 Å². The monoisotopic (exact) mass is 339 g/mol. The second-order valence-electron chi connectivity index (χ2n) is 8.58. The summed E-state index contributed by atoms with van der Waals surface area (Å²) in [4.78, 5) is 3.98. The van der Waals surface area contributed by atoms with Crippen molar-refractivity contribution >= 4 is 10.9 Å². The molecule has 1 nitrogen and oxygen atoms in total. The van der Waals surface area contributed by atoms with Crippen molar-refractivity contribution in [2.45, 2.75) is 104 Å². The topological polar surface area (TPSA) is 15.8 Å². The van der Waals surface area contributed by atoms with Crippen LogP contribution in [-0.4, -0.2) is 4.98 Å². The summed E-state index contributed by atoms with van der Waals surface area (Å²) in [5.41, 5.74) is 8.14. The number of aryl methyl sites for hydroxylation is 2. The molecule has 0 amide bonds. The Balaban J connectivity index is 2.20. The van der Waals surface area contributed by atoms with Crippen LogP contribution in [0.1, 0.15) is 108 Å². The van der Waals surface area contributed by atoms with E-state index in [1.165, 1.54) is 68.9 Å². The SMILES string of the molecule is CCCCc1cc(C(C)C)c2[nH]c3c(c2c1)CCCC3(CC)CCC. The van der Waals surface area contributed by atoms with Gasteiger partial charge in [-0.3, -0.25) is 0 Å². The van der Waals surface area contributed by atoms with Crippen LogP contribution in [-0.2, 0) is 18.3 Å². The molecule has 2 aromatic rings. The van der Waals surface area contributed by atoms with E-state index < -0.39 is 0 Å². The molecule has 0 radical (unpaired) electrons. The highest BCUT2D eigenvalue weighted by Crippen LogP contribution is 2.46. The van der Waals surface area contributed by atoms with Crippen molar-refractivity contribution in [3.63, 3.8) is 0 Å². The summed E-state index contributed by atoms with van der Waals surface area (Å²) in [6.07, 6.45) is 11.6. The molecule has 1 unspecified atom stereocenters. The lowest BCUT2D eigenvalue weighted by Crippen LogP contribution is -2.30. The summed E-state index contributed by atoms with van der Waals surface area (Å²) in [6, 6.07) is 5.00. The highest BCUT2D eigenvalue weighted by atomic mass is 14.8. The minimum atomic E-state index is 0.388. The first-order valence-corrected chi connectivity index (χ1v) is 10.7. The Labute approximate surface area is 154 Å². The van der Waals surface area contributed by atoms with E-state index in [-0.39, 0.29) is 0 Å². The van der Waals surface area contributed by atoms with Crippen LogP contribution in [0.3, 0.4) is 0 Å².